The molecule has 31 heavy (non-hydrogen) atoms. The average molecular weight is 431 g/mol. The number of hydrogen-bond acceptors (Lipinski definition) is 5. The maximum atomic E-state index is 14.6. The van der Waals surface area contributed by atoms with Crippen molar-refractivity contribution in [3.63, 3.8) is 0 Å². The Labute approximate surface area is 182 Å². The van der Waals surface area contributed by atoms with Crippen LogP contribution in [0.1, 0.15) is 16.7 Å². The number of aromatic hydroxyl groups is 1. The molecule has 0 fully saturated rings. The van der Waals surface area contributed by atoms with Gasteiger partial charge in [0.2, 0.25) is 5.95 Å². The minimum Gasteiger partial charge on any atom is -0.506 e. The van der Waals surface area contributed by atoms with E-state index in [2.05, 4.69) is 20.3 Å². The molecule has 5 rings (SSSR count). The average Bonchev–Trinajstić information content (AvgIpc) is 2.92. The van der Waals surface area contributed by atoms with Crippen LogP contribution in [0.3, 0.4) is 0 Å². The molecule has 0 saturated heterocycles. The predicted octanol–water partition coefficient (Wildman–Crippen LogP) is 5.74. The lowest BCUT2D eigenvalue weighted by molar-refractivity contribution is 0.477. The molecule has 0 saturated carbocycles. The Morgan fingerprint density at radius 3 is 2.58 bits per heavy atom. The smallest absolute Gasteiger partial charge is 0.227 e. The summed E-state index contributed by atoms with van der Waals surface area (Å²) in [5.74, 6) is 0.0695. The van der Waals surface area contributed by atoms with Crippen LogP contribution < -0.4 is 5.32 Å². The van der Waals surface area contributed by atoms with Crippen molar-refractivity contribution in [1.29, 1.82) is 0 Å². The topological polar surface area (TPSA) is 70.4 Å². The van der Waals surface area contributed by atoms with E-state index in [0.29, 0.717) is 45.7 Å². The first-order valence-electron chi connectivity index (χ1n) is 9.61. The van der Waals surface area contributed by atoms with E-state index in [1.54, 1.807) is 60.8 Å². The maximum Gasteiger partial charge on any atom is 0.227 e. The first kappa shape index (κ1) is 19.2. The first-order chi connectivity index (χ1) is 15.1. The van der Waals surface area contributed by atoms with Crippen molar-refractivity contribution in [3.05, 3.63) is 100 Å². The molecule has 0 amide bonds. The summed E-state index contributed by atoms with van der Waals surface area (Å²) in [7, 11) is 0. The van der Waals surface area contributed by atoms with Gasteiger partial charge < -0.3 is 10.4 Å². The molecule has 1 aliphatic rings. The largest absolute Gasteiger partial charge is 0.506 e. The lowest BCUT2D eigenvalue weighted by atomic mass is 9.95. The number of halogens is 2. The van der Waals surface area contributed by atoms with E-state index >= 15 is 0 Å². The van der Waals surface area contributed by atoms with Gasteiger partial charge in [0.05, 0.1) is 23.6 Å². The van der Waals surface area contributed by atoms with Crippen LogP contribution in [0.5, 0.6) is 5.75 Å². The van der Waals surface area contributed by atoms with E-state index in [-0.39, 0.29) is 11.6 Å². The van der Waals surface area contributed by atoms with Gasteiger partial charge >= 0.3 is 0 Å². The van der Waals surface area contributed by atoms with Crippen molar-refractivity contribution >= 4 is 28.9 Å². The second kappa shape index (κ2) is 7.81. The van der Waals surface area contributed by atoms with Gasteiger partial charge in [-0.05, 0) is 36.4 Å². The molecule has 152 valence electrons. The summed E-state index contributed by atoms with van der Waals surface area (Å²) in [5, 5.41) is 13.6. The zero-order valence-corrected chi connectivity index (χ0v) is 16.9. The molecular weight excluding hydrogens is 415 g/mol. The second-order valence-corrected chi connectivity index (χ2v) is 7.48. The molecule has 2 N–H and O–H groups in total. The van der Waals surface area contributed by atoms with Gasteiger partial charge in [-0.25, -0.2) is 14.4 Å². The Morgan fingerprint density at radius 1 is 0.935 bits per heavy atom. The minimum atomic E-state index is -0.355. The fraction of sp³-hybridized carbons (Fsp3) is 0.0417. The number of nitrogens with zero attached hydrogens (tertiary/aromatic N) is 3. The van der Waals surface area contributed by atoms with Crippen LogP contribution in [0.2, 0.25) is 5.02 Å². The van der Waals surface area contributed by atoms with E-state index in [9.17, 15) is 9.50 Å². The summed E-state index contributed by atoms with van der Waals surface area (Å²) < 4.78 is 14.6. The summed E-state index contributed by atoms with van der Waals surface area (Å²) in [6.07, 6.45) is 1.69. The van der Waals surface area contributed by atoms with Gasteiger partial charge in [0, 0.05) is 33.5 Å². The van der Waals surface area contributed by atoms with Crippen molar-refractivity contribution in [2.45, 2.75) is 6.54 Å². The summed E-state index contributed by atoms with van der Waals surface area (Å²) >= 11 is 6.28. The Hall–Kier alpha value is -3.77. The highest BCUT2D eigenvalue weighted by Gasteiger charge is 2.23. The number of benzene rings is 3. The van der Waals surface area contributed by atoms with Crippen molar-refractivity contribution in [1.82, 2.24) is 9.97 Å². The molecule has 0 unspecified atom stereocenters. The van der Waals surface area contributed by atoms with Crippen LogP contribution in [0, 0.1) is 5.82 Å². The highest BCUT2D eigenvalue weighted by Crippen LogP contribution is 2.34. The molecule has 0 bridgehead atoms. The number of para-hydroxylation sites is 2. The highest BCUT2D eigenvalue weighted by atomic mass is 35.5. The molecular formula is C24H16ClFN4O. The van der Waals surface area contributed by atoms with Gasteiger partial charge in [-0.15, -0.1) is 0 Å². The molecule has 0 aliphatic carbocycles. The number of hydrogen-bond donors (Lipinski definition) is 2. The standard InChI is InChI=1S/C24H16ClFN4O/c25-15-9-10-16-18(11-15)23(17-5-1-2-6-19(17)26)27-12-14-13-28-24(30-22(14)16)29-20-7-3-4-8-21(20)31/h1-11,13,31H,12H2,(H,28,29,30). The van der Waals surface area contributed by atoms with Crippen LogP contribution in [0.15, 0.2) is 77.9 Å². The van der Waals surface area contributed by atoms with Crippen LogP contribution in [0.4, 0.5) is 16.0 Å². The van der Waals surface area contributed by atoms with Gasteiger partial charge in [-0.2, -0.15) is 0 Å². The van der Waals surface area contributed by atoms with Crippen LogP contribution in [-0.4, -0.2) is 20.8 Å². The van der Waals surface area contributed by atoms with E-state index in [4.69, 9.17) is 11.6 Å². The fourth-order valence-electron chi connectivity index (χ4n) is 3.57. The summed E-state index contributed by atoms with van der Waals surface area (Å²) in [5.41, 5.74) is 4.37. The number of rotatable bonds is 3. The first-order valence-corrected chi connectivity index (χ1v) is 9.98. The summed E-state index contributed by atoms with van der Waals surface area (Å²) in [4.78, 5) is 13.7. The SMILES string of the molecule is Oc1ccccc1Nc1ncc2c(n1)-c1ccc(Cl)cc1C(c1ccccc1F)=NC2. The number of phenolic OH excluding ortho intramolecular Hbond substituents is 1. The summed E-state index contributed by atoms with van der Waals surface area (Å²) in [6.45, 7) is 0.294. The molecule has 1 aliphatic heterocycles. The fourth-order valence-corrected chi connectivity index (χ4v) is 3.74. The Bertz CT molecular complexity index is 1340. The third-order valence-electron chi connectivity index (χ3n) is 5.04. The van der Waals surface area contributed by atoms with Crippen molar-refractivity contribution in [2.75, 3.05) is 5.32 Å². The third kappa shape index (κ3) is 3.62. The van der Waals surface area contributed by atoms with E-state index in [0.717, 1.165) is 11.1 Å². The minimum absolute atomic E-state index is 0.0957. The highest BCUT2D eigenvalue weighted by molar-refractivity contribution is 6.31. The van der Waals surface area contributed by atoms with Gasteiger partial charge in [-0.1, -0.05) is 41.9 Å². The van der Waals surface area contributed by atoms with E-state index in [1.165, 1.54) is 6.07 Å². The van der Waals surface area contributed by atoms with Gasteiger partial charge in [0.15, 0.2) is 0 Å². The zero-order valence-electron chi connectivity index (χ0n) is 16.2. The van der Waals surface area contributed by atoms with E-state index in [1.807, 2.05) is 6.07 Å². The molecule has 0 spiro atoms. The lowest BCUT2D eigenvalue weighted by Gasteiger charge is -2.13. The molecule has 0 atom stereocenters. The van der Waals surface area contributed by atoms with E-state index < -0.39 is 0 Å². The quantitative estimate of drug-likeness (QED) is 0.407. The van der Waals surface area contributed by atoms with Gasteiger partial charge in [0.25, 0.3) is 0 Å². The normalized spacial score (nSPS) is 12.4. The molecule has 3 aromatic carbocycles. The van der Waals surface area contributed by atoms with Crippen molar-refractivity contribution in [3.8, 4) is 17.0 Å². The van der Waals surface area contributed by atoms with Gasteiger partial charge in [0.1, 0.15) is 11.6 Å². The number of anilines is 2. The number of aromatic nitrogens is 2. The Balaban J connectivity index is 1.64. The van der Waals surface area contributed by atoms with Crippen LogP contribution in [-0.2, 0) is 6.54 Å². The molecule has 5 nitrogen and oxygen atoms in total. The number of phenols is 1. The summed E-state index contributed by atoms with van der Waals surface area (Å²) in [6, 6.07) is 18.8. The van der Waals surface area contributed by atoms with Crippen LogP contribution >= 0.6 is 11.6 Å². The number of aliphatic imine (C=N–C) groups is 1. The third-order valence-corrected chi connectivity index (χ3v) is 5.28. The molecule has 0 radical (unpaired) electrons. The number of fused-ring (bicyclic) bond motifs is 3. The maximum absolute atomic E-state index is 14.6. The van der Waals surface area contributed by atoms with Crippen LogP contribution in [0.25, 0.3) is 11.3 Å². The van der Waals surface area contributed by atoms with Gasteiger partial charge in [-0.3, -0.25) is 4.99 Å². The molecule has 4 aromatic rings. The molecule has 7 heteroatoms. The Morgan fingerprint density at radius 2 is 1.74 bits per heavy atom. The van der Waals surface area contributed by atoms with Crippen molar-refractivity contribution < 1.29 is 9.50 Å². The molecule has 2 heterocycles. The second-order valence-electron chi connectivity index (χ2n) is 7.04. The predicted molar refractivity (Wildman–Crippen MR) is 120 cm³/mol. The Kier molecular flexibility index (Phi) is 4.84. The monoisotopic (exact) mass is 430 g/mol. The van der Waals surface area contributed by atoms with Crippen molar-refractivity contribution in [2.24, 2.45) is 4.99 Å². The zero-order chi connectivity index (χ0) is 21.4. The lowest BCUT2D eigenvalue weighted by Crippen LogP contribution is -2.07. The number of nitrogens with one attached hydrogen (secondary N) is 1. The molecule has 1 aromatic heterocycles.